The summed E-state index contributed by atoms with van der Waals surface area (Å²) in [7, 11) is 1.18. The first-order chi connectivity index (χ1) is 18.3. The van der Waals surface area contributed by atoms with Crippen molar-refractivity contribution in [2.45, 2.75) is 51.6 Å². The number of aromatic nitrogens is 3. The Morgan fingerprint density at radius 1 is 1.13 bits per heavy atom. The number of rotatable bonds is 11. The zero-order valence-corrected chi connectivity index (χ0v) is 20.6. The second kappa shape index (κ2) is 11.8. The number of halogens is 4. The molecule has 3 unspecified atom stereocenters. The molecule has 2 heterocycles. The number of hydrogen-bond acceptors (Lipinski definition) is 6. The molecular formula is C25H26F4N4O5. The van der Waals surface area contributed by atoms with E-state index >= 15 is 4.39 Å². The predicted octanol–water partition coefficient (Wildman–Crippen LogP) is 3.48. The third-order valence-electron chi connectivity index (χ3n) is 5.99. The average Bonchev–Trinajstić information content (AvgIpc) is 3.24. The summed E-state index contributed by atoms with van der Waals surface area (Å²) in [6.07, 6.45) is -8.76. The van der Waals surface area contributed by atoms with Gasteiger partial charge in [-0.2, -0.15) is 4.68 Å². The molecule has 2 aromatic carbocycles. The zero-order chi connectivity index (χ0) is 27.4. The number of amides is 1. The molecule has 0 aliphatic carbocycles. The summed E-state index contributed by atoms with van der Waals surface area (Å²) in [5, 5.41) is 6.56. The van der Waals surface area contributed by atoms with Crippen LogP contribution in [0.5, 0.6) is 5.75 Å². The molecule has 204 valence electrons. The normalized spacial score (nSPS) is 17.8. The van der Waals surface area contributed by atoms with E-state index in [4.69, 9.17) is 14.2 Å². The molecule has 38 heavy (non-hydrogen) atoms. The summed E-state index contributed by atoms with van der Waals surface area (Å²) in [5.74, 6) is -1.13. The van der Waals surface area contributed by atoms with Gasteiger partial charge in [0.15, 0.2) is 24.3 Å². The van der Waals surface area contributed by atoms with Crippen molar-refractivity contribution >= 4 is 5.91 Å². The van der Waals surface area contributed by atoms with Crippen LogP contribution in [0.2, 0.25) is 0 Å². The molecule has 0 fully saturated rings. The number of nitrogens with zero attached hydrogens (tertiary/aromatic N) is 3. The van der Waals surface area contributed by atoms with E-state index in [-0.39, 0.29) is 36.8 Å². The van der Waals surface area contributed by atoms with Crippen LogP contribution in [0.1, 0.15) is 40.4 Å². The molecule has 1 aromatic heterocycles. The molecule has 13 heteroatoms. The summed E-state index contributed by atoms with van der Waals surface area (Å²) >= 11 is 0. The van der Waals surface area contributed by atoms with Gasteiger partial charge in [-0.15, -0.1) is 5.10 Å². The van der Waals surface area contributed by atoms with E-state index in [9.17, 15) is 22.8 Å². The van der Waals surface area contributed by atoms with Crippen molar-refractivity contribution in [3.8, 4) is 11.4 Å². The van der Waals surface area contributed by atoms with E-state index in [2.05, 4.69) is 10.4 Å². The molecule has 0 bridgehead atoms. The van der Waals surface area contributed by atoms with Crippen LogP contribution < -0.4 is 15.7 Å². The molecule has 0 saturated carbocycles. The monoisotopic (exact) mass is 538 g/mol. The second-order valence-corrected chi connectivity index (χ2v) is 8.42. The van der Waals surface area contributed by atoms with Gasteiger partial charge in [0.25, 0.3) is 12.3 Å². The summed E-state index contributed by atoms with van der Waals surface area (Å²) in [5.41, 5.74) is -0.455. The second-order valence-electron chi connectivity index (χ2n) is 8.42. The number of fused-ring (bicyclic) bond motifs is 1. The van der Waals surface area contributed by atoms with Gasteiger partial charge in [0.2, 0.25) is 0 Å². The van der Waals surface area contributed by atoms with Crippen molar-refractivity contribution in [1.82, 2.24) is 19.7 Å². The van der Waals surface area contributed by atoms with Crippen LogP contribution in [0.4, 0.5) is 17.6 Å². The molecule has 1 aliphatic heterocycles. The van der Waals surface area contributed by atoms with Crippen molar-refractivity contribution in [2.75, 3.05) is 13.8 Å². The highest BCUT2D eigenvalue weighted by molar-refractivity contribution is 6.00. The smallest absolute Gasteiger partial charge is 0.350 e. The number of nitrogens with one attached hydrogen (secondary N) is 1. The lowest BCUT2D eigenvalue weighted by Gasteiger charge is -2.30. The number of carbonyl (C=O) groups excluding carboxylic acids is 1. The van der Waals surface area contributed by atoms with Crippen LogP contribution in [0.3, 0.4) is 0 Å². The van der Waals surface area contributed by atoms with Crippen LogP contribution in [0, 0.1) is 0 Å². The quantitative estimate of drug-likeness (QED) is 0.376. The molecule has 4 rings (SSSR count). The van der Waals surface area contributed by atoms with Crippen LogP contribution in [-0.2, 0) is 29.2 Å². The summed E-state index contributed by atoms with van der Waals surface area (Å²) in [4.78, 5) is 25.9. The molecule has 1 aliphatic rings. The fraction of sp³-hybridized carbons (Fsp3) is 0.400. The van der Waals surface area contributed by atoms with Gasteiger partial charge in [-0.3, -0.25) is 9.36 Å². The number of alkyl halides is 4. The fourth-order valence-corrected chi connectivity index (χ4v) is 4.09. The molecular weight excluding hydrogens is 512 g/mol. The van der Waals surface area contributed by atoms with E-state index in [1.165, 1.54) is 17.7 Å². The topological polar surface area (TPSA) is 96.6 Å². The first kappa shape index (κ1) is 27.3. The number of ether oxygens (including phenoxy) is 3. The molecule has 9 nitrogen and oxygen atoms in total. The van der Waals surface area contributed by atoms with E-state index in [0.29, 0.717) is 0 Å². The molecule has 1 amide bonds. The van der Waals surface area contributed by atoms with Crippen molar-refractivity contribution in [3.05, 3.63) is 75.5 Å². The fourth-order valence-electron chi connectivity index (χ4n) is 4.09. The minimum Gasteiger partial charge on any atom is -0.481 e. The van der Waals surface area contributed by atoms with Crippen molar-refractivity contribution in [3.63, 3.8) is 0 Å². The highest BCUT2D eigenvalue weighted by Gasteiger charge is 2.38. The largest absolute Gasteiger partial charge is 0.481 e. The summed E-state index contributed by atoms with van der Waals surface area (Å²) in [6, 6.07) is 11.6. The highest BCUT2D eigenvalue weighted by atomic mass is 19.3. The minimum absolute atomic E-state index is 0.0333. The van der Waals surface area contributed by atoms with Crippen LogP contribution in [0.15, 0.2) is 47.3 Å². The Morgan fingerprint density at radius 2 is 1.87 bits per heavy atom. The highest BCUT2D eigenvalue weighted by Crippen LogP contribution is 2.37. The van der Waals surface area contributed by atoms with E-state index in [1.807, 2.05) is 30.3 Å². The predicted molar refractivity (Wildman–Crippen MR) is 127 cm³/mol. The van der Waals surface area contributed by atoms with Gasteiger partial charge in [0.05, 0.1) is 17.9 Å². The standard InChI is InChI=1S/C25H26F4N4O5/c1-3-32-19(13-37-12-14-7-5-4-6-8-14)31-33(25(32)35)15-9-16-20(23(34)30-24(36-2)21(16)27)17(10-15)38-18(11-26)22(28)29/h4-10,18,21-22,24H,3,11-13H2,1-2H3,(H,30,34). The molecule has 0 spiro atoms. The first-order valence-corrected chi connectivity index (χ1v) is 11.8. The Morgan fingerprint density at radius 3 is 2.50 bits per heavy atom. The van der Waals surface area contributed by atoms with Crippen molar-refractivity contribution in [2.24, 2.45) is 0 Å². The lowest BCUT2D eigenvalue weighted by Crippen LogP contribution is -2.45. The Bertz CT molecular complexity index is 1330. The average molecular weight is 538 g/mol. The molecule has 3 atom stereocenters. The van der Waals surface area contributed by atoms with Crippen LogP contribution in [0.25, 0.3) is 5.69 Å². The molecule has 0 saturated heterocycles. The van der Waals surface area contributed by atoms with Gasteiger partial charge in [0, 0.05) is 25.3 Å². The SMILES string of the molecule is CCn1c(COCc2ccccc2)nn(-c2cc(OC(CF)C(F)F)c3c(c2)C(F)C(OC)NC3=O)c1=O. The number of benzene rings is 2. The van der Waals surface area contributed by atoms with Gasteiger partial charge in [-0.1, -0.05) is 30.3 Å². The maximum atomic E-state index is 15.3. The maximum absolute atomic E-state index is 15.3. The van der Waals surface area contributed by atoms with E-state index < -0.39 is 54.5 Å². The van der Waals surface area contributed by atoms with Gasteiger partial charge >= 0.3 is 5.69 Å². The Balaban J connectivity index is 1.75. The van der Waals surface area contributed by atoms with Crippen LogP contribution >= 0.6 is 0 Å². The zero-order valence-electron chi connectivity index (χ0n) is 20.6. The lowest BCUT2D eigenvalue weighted by molar-refractivity contribution is -0.00636. The van der Waals surface area contributed by atoms with Gasteiger partial charge in [-0.05, 0) is 18.6 Å². The number of carbonyl (C=O) groups is 1. The lowest BCUT2D eigenvalue weighted by atomic mass is 9.95. The van der Waals surface area contributed by atoms with E-state index in [0.717, 1.165) is 16.3 Å². The Labute approximate surface area is 214 Å². The number of hydrogen-bond donors (Lipinski definition) is 1. The van der Waals surface area contributed by atoms with Gasteiger partial charge in [0.1, 0.15) is 19.0 Å². The Kier molecular flexibility index (Phi) is 8.47. The molecule has 0 radical (unpaired) electrons. The van der Waals surface area contributed by atoms with Crippen molar-refractivity contribution < 1.29 is 36.6 Å². The summed E-state index contributed by atoms with van der Waals surface area (Å²) < 4.78 is 73.2. The third kappa shape index (κ3) is 5.43. The van der Waals surface area contributed by atoms with Gasteiger partial charge in [-0.25, -0.2) is 22.4 Å². The number of methoxy groups -OCH3 is 1. The molecule has 3 aromatic rings. The maximum Gasteiger partial charge on any atom is 0.350 e. The van der Waals surface area contributed by atoms with Crippen LogP contribution in [-0.4, -0.2) is 52.8 Å². The summed E-state index contributed by atoms with van der Waals surface area (Å²) in [6.45, 7) is 0.610. The Hall–Kier alpha value is -3.71. The first-order valence-electron chi connectivity index (χ1n) is 11.8. The van der Waals surface area contributed by atoms with Gasteiger partial charge < -0.3 is 19.5 Å². The van der Waals surface area contributed by atoms with E-state index in [1.54, 1.807) is 6.92 Å². The van der Waals surface area contributed by atoms with Crippen molar-refractivity contribution in [1.29, 1.82) is 0 Å². The molecule has 1 N–H and O–H groups in total. The minimum atomic E-state index is -3.23. The third-order valence-corrected chi connectivity index (χ3v) is 5.99.